The van der Waals surface area contributed by atoms with Crippen molar-refractivity contribution in [3.8, 4) is 0 Å². The van der Waals surface area contributed by atoms with Crippen molar-refractivity contribution >= 4 is 39.2 Å². The monoisotopic (exact) mass is 463 g/mol. The molecule has 0 aliphatic carbocycles. The van der Waals surface area contributed by atoms with E-state index < -0.39 is 0 Å². The molecule has 2 aliphatic heterocycles. The highest BCUT2D eigenvalue weighted by molar-refractivity contribution is 8.00. The van der Waals surface area contributed by atoms with E-state index in [-0.39, 0.29) is 22.8 Å². The Morgan fingerprint density at radius 3 is 2.71 bits per heavy atom. The molecule has 4 heterocycles. The molecule has 0 aromatic carbocycles. The average Bonchev–Trinajstić information content (AvgIpc) is 3.37. The lowest BCUT2D eigenvalue weighted by molar-refractivity contribution is -0.131. The van der Waals surface area contributed by atoms with E-state index in [1.807, 2.05) is 11.8 Å². The molecule has 4 rings (SSSR count). The highest BCUT2D eigenvalue weighted by Crippen LogP contribution is 2.32. The third kappa shape index (κ3) is 4.71. The van der Waals surface area contributed by atoms with Gasteiger partial charge in [-0.05, 0) is 57.4 Å². The average molecular weight is 464 g/mol. The van der Waals surface area contributed by atoms with Crippen molar-refractivity contribution in [1.82, 2.24) is 14.5 Å². The second-order valence-electron chi connectivity index (χ2n) is 8.88. The highest BCUT2D eigenvalue weighted by atomic mass is 32.2. The zero-order valence-electron chi connectivity index (χ0n) is 19.0. The fourth-order valence-corrected chi connectivity index (χ4v) is 6.75. The predicted molar refractivity (Wildman–Crippen MR) is 127 cm³/mol. The zero-order chi connectivity index (χ0) is 22.1. The number of amides is 1. The molecule has 0 radical (unpaired) electrons. The summed E-state index contributed by atoms with van der Waals surface area (Å²) >= 11 is 3.00. The molecule has 1 amide bonds. The van der Waals surface area contributed by atoms with E-state index in [1.54, 1.807) is 15.9 Å². The van der Waals surface area contributed by atoms with Gasteiger partial charge in [-0.25, -0.2) is 4.98 Å². The van der Waals surface area contributed by atoms with E-state index in [1.165, 1.54) is 11.8 Å². The summed E-state index contributed by atoms with van der Waals surface area (Å²) in [7, 11) is 0. The summed E-state index contributed by atoms with van der Waals surface area (Å²) in [5.41, 5.74) is 1.11. The molecular weight excluding hydrogens is 430 g/mol. The second-order valence-corrected chi connectivity index (χ2v) is 11.4. The predicted octanol–water partition coefficient (Wildman–Crippen LogP) is 4.25. The lowest BCUT2D eigenvalue weighted by atomic mass is 9.99. The number of aryl methyl sites for hydroxylation is 2. The normalized spacial score (nSPS) is 21.2. The number of likely N-dealkylation sites (tertiary alicyclic amines) is 1. The molecule has 2 atom stereocenters. The van der Waals surface area contributed by atoms with Gasteiger partial charge >= 0.3 is 0 Å². The molecule has 31 heavy (non-hydrogen) atoms. The van der Waals surface area contributed by atoms with E-state index in [2.05, 4.69) is 20.8 Å². The number of rotatable bonds is 6. The number of fused-ring (bicyclic) bond motifs is 1. The second kappa shape index (κ2) is 9.63. The topological polar surface area (TPSA) is 64.4 Å². The minimum absolute atomic E-state index is 0.00986. The van der Waals surface area contributed by atoms with Gasteiger partial charge in [0.15, 0.2) is 5.16 Å². The third-order valence-corrected chi connectivity index (χ3v) is 8.69. The van der Waals surface area contributed by atoms with Crippen LogP contribution in [-0.4, -0.2) is 51.4 Å². The van der Waals surface area contributed by atoms with Crippen LogP contribution < -0.4 is 5.56 Å². The molecule has 8 heteroatoms. The highest BCUT2D eigenvalue weighted by Gasteiger charge is 2.28. The number of ether oxygens (including phenoxy) is 1. The Balaban J connectivity index is 1.66. The van der Waals surface area contributed by atoms with Crippen molar-refractivity contribution in [3.05, 3.63) is 20.8 Å². The largest absolute Gasteiger partial charge is 0.376 e. The molecule has 2 saturated heterocycles. The first kappa shape index (κ1) is 22.8. The third-order valence-electron chi connectivity index (χ3n) is 6.57. The molecule has 0 saturated carbocycles. The standard InChI is InChI=1S/C23H33N3O3S2/c1-5-18-15(3)30-20-19(18)22(28)26(13-17-7-6-12-29-17)23(24-20)31-16(4)21(27)25-10-8-14(2)9-11-25/h14,16-17H,5-13H2,1-4H3. The van der Waals surface area contributed by atoms with Gasteiger partial charge in [0.25, 0.3) is 5.56 Å². The minimum atomic E-state index is -0.278. The van der Waals surface area contributed by atoms with Crippen LogP contribution in [0.3, 0.4) is 0 Å². The first-order chi connectivity index (χ1) is 14.9. The van der Waals surface area contributed by atoms with Crippen molar-refractivity contribution in [2.45, 2.75) is 82.9 Å². The van der Waals surface area contributed by atoms with Crippen LogP contribution >= 0.6 is 23.1 Å². The van der Waals surface area contributed by atoms with Crippen molar-refractivity contribution < 1.29 is 9.53 Å². The summed E-state index contributed by atoms with van der Waals surface area (Å²) in [5.74, 6) is 0.828. The number of carbonyl (C=O) groups is 1. The lowest BCUT2D eigenvalue weighted by Crippen LogP contribution is -2.42. The lowest BCUT2D eigenvalue weighted by Gasteiger charge is -2.32. The summed E-state index contributed by atoms with van der Waals surface area (Å²) < 4.78 is 7.60. The maximum Gasteiger partial charge on any atom is 0.263 e. The Kier molecular flexibility index (Phi) is 7.08. The smallest absolute Gasteiger partial charge is 0.263 e. The van der Waals surface area contributed by atoms with Crippen molar-refractivity contribution in [1.29, 1.82) is 0 Å². The fraction of sp³-hybridized carbons (Fsp3) is 0.696. The number of piperidine rings is 1. The van der Waals surface area contributed by atoms with E-state index in [0.29, 0.717) is 17.6 Å². The molecule has 2 fully saturated rings. The number of aromatic nitrogens is 2. The number of thiophene rings is 1. The Labute approximate surface area is 192 Å². The van der Waals surface area contributed by atoms with Crippen LogP contribution in [0, 0.1) is 12.8 Å². The molecular formula is C23H33N3O3S2. The zero-order valence-corrected chi connectivity index (χ0v) is 20.6. The summed E-state index contributed by atoms with van der Waals surface area (Å²) in [6.07, 6.45) is 4.96. The molecule has 0 bridgehead atoms. The van der Waals surface area contributed by atoms with Crippen LogP contribution in [0.25, 0.3) is 10.2 Å². The maximum atomic E-state index is 13.6. The number of nitrogens with zero attached hydrogens (tertiary/aromatic N) is 3. The fourth-order valence-electron chi connectivity index (χ4n) is 4.59. The molecule has 2 aromatic rings. The van der Waals surface area contributed by atoms with Gasteiger partial charge in [0.05, 0.1) is 23.3 Å². The van der Waals surface area contributed by atoms with Crippen molar-refractivity contribution in [3.63, 3.8) is 0 Å². The van der Waals surface area contributed by atoms with Crippen LogP contribution in [0.5, 0.6) is 0 Å². The molecule has 2 aromatic heterocycles. The number of thioether (sulfide) groups is 1. The van der Waals surface area contributed by atoms with Crippen LogP contribution in [0.1, 0.15) is 56.9 Å². The Bertz CT molecular complexity index is 1000. The number of hydrogen-bond acceptors (Lipinski definition) is 6. The molecule has 170 valence electrons. The SMILES string of the molecule is CCc1c(C)sc2nc(SC(C)C(=O)N3CCC(C)CC3)n(CC3CCCO3)c(=O)c12. The Hall–Kier alpha value is -1.38. The van der Waals surface area contributed by atoms with Gasteiger partial charge in [0, 0.05) is 24.6 Å². The summed E-state index contributed by atoms with van der Waals surface area (Å²) in [5, 5.41) is 1.11. The summed E-state index contributed by atoms with van der Waals surface area (Å²) in [6, 6.07) is 0. The minimum Gasteiger partial charge on any atom is -0.376 e. The van der Waals surface area contributed by atoms with Crippen molar-refractivity contribution in [2.75, 3.05) is 19.7 Å². The Morgan fingerprint density at radius 1 is 1.32 bits per heavy atom. The van der Waals surface area contributed by atoms with Gasteiger partial charge in [0.1, 0.15) is 4.83 Å². The van der Waals surface area contributed by atoms with Gasteiger partial charge in [-0.15, -0.1) is 11.3 Å². The maximum absolute atomic E-state index is 13.6. The number of carbonyl (C=O) groups excluding carboxylic acids is 1. The van der Waals surface area contributed by atoms with E-state index in [9.17, 15) is 9.59 Å². The van der Waals surface area contributed by atoms with Crippen LogP contribution in [0.4, 0.5) is 0 Å². The first-order valence-electron chi connectivity index (χ1n) is 11.5. The molecule has 2 aliphatic rings. The van der Waals surface area contributed by atoms with Crippen LogP contribution in [-0.2, 0) is 22.5 Å². The summed E-state index contributed by atoms with van der Waals surface area (Å²) in [6.45, 7) is 11.2. The van der Waals surface area contributed by atoms with Gasteiger partial charge < -0.3 is 9.64 Å². The quantitative estimate of drug-likeness (QED) is 0.473. The van der Waals surface area contributed by atoms with Gasteiger partial charge in [-0.2, -0.15) is 0 Å². The molecule has 0 N–H and O–H groups in total. The van der Waals surface area contributed by atoms with Gasteiger partial charge in [-0.3, -0.25) is 14.2 Å². The number of hydrogen-bond donors (Lipinski definition) is 0. The Morgan fingerprint density at radius 2 is 2.06 bits per heavy atom. The molecule has 0 spiro atoms. The van der Waals surface area contributed by atoms with E-state index in [0.717, 1.165) is 72.5 Å². The van der Waals surface area contributed by atoms with Crippen LogP contribution in [0.2, 0.25) is 0 Å². The van der Waals surface area contributed by atoms with Crippen LogP contribution in [0.15, 0.2) is 9.95 Å². The molecule has 6 nitrogen and oxygen atoms in total. The van der Waals surface area contributed by atoms with E-state index >= 15 is 0 Å². The van der Waals surface area contributed by atoms with Gasteiger partial charge in [0.2, 0.25) is 5.91 Å². The first-order valence-corrected chi connectivity index (χ1v) is 13.2. The molecule has 2 unspecified atom stereocenters. The summed E-state index contributed by atoms with van der Waals surface area (Å²) in [4.78, 5) is 35.5. The van der Waals surface area contributed by atoms with E-state index in [4.69, 9.17) is 9.72 Å². The van der Waals surface area contributed by atoms with Crippen molar-refractivity contribution in [2.24, 2.45) is 5.92 Å². The van der Waals surface area contributed by atoms with Gasteiger partial charge in [-0.1, -0.05) is 25.6 Å².